The van der Waals surface area contributed by atoms with Crippen LogP contribution >= 0.6 is 0 Å². The molecule has 154 valence electrons. The topological polar surface area (TPSA) is 64.6 Å². The van der Waals surface area contributed by atoms with E-state index in [0.717, 1.165) is 12.1 Å². The standard InChI is InChI=1S/C21H16F3N3O3/c22-21(23,24)30-16-5-2-14(3-6-16)15-4-7-18-17(12-15)20(28)27(10-11-29-18)13-19-25-8-1-9-26-19/h1-9,12H,10-11,13H2/i11D2,13D2. The zero-order valence-corrected chi connectivity index (χ0v) is 15.2. The van der Waals surface area contributed by atoms with Crippen molar-refractivity contribution in [3.05, 3.63) is 72.3 Å². The molecule has 6 nitrogen and oxygen atoms in total. The van der Waals surface area contributed by atoms with Gasteiger partial charge in [-0.3, -0.25) is 4.79 Å². The molecule has 0 bridgehead atoms. The van der Waals surface area contributed by atoms with Crippen LogP contribution in [0.1, 0.15) is 21.7 Å². The van der Waals surface area contributed by atoms with Gasteiger partial charge in [0.1, 0.15) is 23.9 Å². The van der Waals surface area contributed by atoms with Gasteiger partial charge in [-0.25, -0.2) is 9.97 Å². The first-order valence-corrected chi connectivity index (χ1v) is 8.64. The average molecular weight is 419 g/mol. The second-order valence-electron chi connectivity index (χ2n) is 6.11. The Labute approximate surface area is 175 Å². The van der Waals surface area contributed by atoms with E-state index in [2.05, 4.69) is 14.7 Å². The van der Waals surface area contributed by atoms with E-state index in [0.29, 0.717) is 16.0 Å². The molecule has 0 saturated carbocycles. The molecular weight excluding hydrogens is 399 g/mol. The van der Waals surface area contributed by atoms with Gasteiger partial charge in [0.25, 0.3) is 5.91 Å². The number of ether oxygens (including phenoxy) is 2. The summed E-state index contributed by atoms with van der Waals surface area (Å²) in [5.74, 6) is -1.73. The summed E-state index contributed by atoms with van der Waals surface area (Å²) in [4.78, 5) is 21.7. The fraction of sp³-hybridized carbons (Fsp3) is 0.190. The van der Waals surface area contributed by atoms with Gasteiger partial charge >= 0.3 is 6.36 Å². The first-order valence-electron chi connectivity index (χ1n) is 10.6. The van der Waals surface area contributed by atoms with Crippen molar-refractivity contribution in [2.45, 2.75) is 12.9 Å². The van der Waals surface area contributed by atoms with Crippen LogP contribution in [0.4, 0.5) is 13.2 Å². The van der Waals surface area contributed by atoms with Gasteiger partial charge < -0.3 is 14.4 Å². The van der Waals surface area contributed by atoms with E-state index in [1.165, 1.54) is 48.8 Å². The highest BCUT2D eigenvalue weighted by Crippen LogP contribution is 2.31. The lowest BCUT2D eigenvalue weighted by Gasteiger charge is -2.19. The molecule has 2 heterocycles. The Balaban J connectivity index is 1.73. The van der Waals surface area contributed by atoms with Crippen LogP contribution in [-0.2, 0) is 6.50 Å². The second kappa shape index (κ2) is 8.02. The van der Waals surface area contributed by atoms with Crippen molar-refractivity contribution in [3.63, 3.8) is 0 Å². The maximum absolute atomic E-state index is 13.4. The Morgan fingerprint density at radius 1 is 1.13 bits per heavy atom. The van der Waals surface area contributed by atoms with Gasteiger partial charge in [-0.1, -0.05) is 18.2 Å². The van der Waals surface area contributed by atoms with Crippen molar-refractivity contribution in [3.8, 4) is 22.6 Å². The van der Waals surface area contributed by atoms with Crippen LogP contribution in [0.3, 0.4) is 0 Å². The molecule has 0 atom stereocenters. The molecule has 1 amide bonds. The monoisotopic (exact) mass is 419 g/mol. The zero-order valence-electron chi connectivity index (χ0n) is 19.2. The number of nitrogens with zero attached hydrogens (tertiary/aromatic N) is 3. The normalized spacial score (nSPS) is 18.1. The van der Waals surface area contributed by atoms with E-state index in [4.69, 9.17) is 10.2 Å². The van der Waals surface area contributed by atoms with Crippen molar-refractivity contribution in [2.24, 2.45) is 0 Å². The SMILES string of the molecule is [2H]C1([2H])CN(C([2H])([2H])c2ncccn2)C(=O)c2cc(-c3ccc(OC(F)(F)F)cc3)ccc2O1. The van der Waals surface area contributed by atoms with E-state index in [1.54, 1.807) is 0 Å². The Hall–Kier alpha value is -3.62. The number of alkyl halides is 3. The third-order valence-corrected chi connectivity index (χ3v) is 4.08. The minimum absolute atomic E-state index is 0.108. The zero-order chi connectivity index (χ0) is 24.7. The lowest BCUT2D eigenvalue weighted by atomic mass is 10.0. The molecule has 0 saturated heterocycles. The fourth-order valence-electron chi connectivity index (χ4n) is 2.77. The summed E-state index contributed by atoms with van der Waals surface area (Å²) in [5, 5.41) is 0. The summed E-state index contributed by atoms with van der Waals surface area (Å²) < 4.78 is 79.5. The van der Waals surface area contributed by atoms with E-state index in [-0.39, 0.29) is 17.1 Å². The molecule has 9 heteroatoms. The van der Waals surface area contributed by atoms with Crippen LogP contribution in [-0.4, -0.2) is 40.2 Å². The van der Waals surface area contributed by atoms with Gasteiger partial charge in [0, 0.05) is 12.4 Å². The summed E-state index contributed by atoms with van der Waals surface area (Å²) in [6.07, 6.45) is -2.24. The maximum Gasteiger partial charge on any atom is 0.573 e. The Bertz CT molecular complexity index is 1210. The Kier molecular flexibility index (Phi) is 4.08. The first kappa shape index (κ1) is 15.3. The lowest BCUT2D eigenvalue weighted by molar-refractivity contribution is -0.274. The number of hydrogen-bond donors (Lipinski definition) is 0. The van der Waals surface area contributed by atoms with Crippen molar-refractivity contribution in [1.82, 2.24) is 14.9 Å². The molecule has 0 aliphatic carbocycles. The van der Waals surface area contributed by atoms with Gasteiger partial charge in [0.15, 0.2) is 0 Å². The third kappa shape index (κ3) is 4.51. The number of carbonyl (C=O) groups excluding carboxylic acids is 1. The van der Waals surface area contributed by atoms with Crippen molar-refractivity contribution in [1.29, 1.82) is 0 Å². The van der Waals surface area contributed by atoms with Crippen molar-refractivity contribution >= 4 is 5.91 Å². The minimum Gasteiger partial charge on any atom is -0.491 e. The summed E-state index contributed by atoms with van der Waals surface area (Å²) in [6, 6.07) is 10.6. The fourth-order valence-corrected chi connectivity index (χ4v) is 2.77. The van der Waals surface area contributed by atoms with Gasteiger partial charge in [-0.2, -0.15) is 0 Å². The van der Waals surface area contributed by atoms with E-state index >= 15 is 0 Å². The lowest BCUT2D eigenvalue weighted by Crippen LogP contribution is -2.32. The summed E-state index contributed by atoms with van der Waals surface area (Å²) in [6.45, 7) is -5.74. The van der Waals surface area contributed by atoms with Crippen LogP contribution in [0.25, 0.3) is 11.1 Å². The number of rotatable bonds is 4. The molecule has 0 spiro atoms. The molecule has 2 aromatic carbocycles. The second-order valence-corrected chi connectivity index (χ2v) is 6.11. The highest BCUT2D eigenvalue weighted by atomic mass is 19.4. The van der Waals surface area contributed by atoms with Crippen LogP contribution < -0.4 is 9.47 Å². The number of benzene rings is 2. The molecule has 0 unspecified atom stereocenters. The van der Waals surface area contributed by atoms with Gasteiger partial charge in [-0.15, -0.1) is 13.2 Å². The predicted octanol–water partition coefficient (Wildman–Crippen LogP) is 4.08. The van der Waals surface area contributed by atoms with E-state index in [9.17, 15) is 18.0 Å². The summed E-state index contributed by atoms with van der Waals surface area (Å²) in [5.41, 5.74) is 0.723. The smallest absolute Gasteiger partial charge is 0.491 e. The molecule has 0 fully saturated rings. The van der Waals surface area contributed by atoms with Gasteiger partial charge in [-0.05, 0) is 41.5 Å². The number of halogens is 3. The van der Waals surface area contributed by atoms with E-state index < -0.39 is 37.6 Å². The average Bonchev–Trinajstić information content (AvgIpc) is 2.87. The first-order chi connectivity index (χ1) is 15.9. The number of hydrogen-bond acceptors (Lipinski definition) is 5. The molecule has 3 aromatic rings. The van der Waals surface area contributed by atoms with Gasteiger partial charge in [0.05, 0.1) is 24.1 Å². The van der Waals surface area contributed by atoms with Crippen molar-refractivity contribution < 1.29 is 32.9 Å². The number of fused-ring (bicyclic) bond motifs is 1. The number of carbonyl (C=O) groups is 1. The van der Waals surface area contributed by atoms with E-state index in [1.807, 2.05) is 0 Å². The maximum atomic E-state index is 13.4. The highest BCUT2D eigenvalue weighted by molar-refractivity contribution is 5.98. The molecule has 30 heavy (non-hydrogen) atoms. The number of amides is 1. The van der Waals surface area contributed by atoms with Crippen LogP contribution in [0, 0.1) is 0 Å². The van der Waals surface area contributed by atoms with Crippen LogP contribution in [0.15, 0.2) is 60.9 Å². The Morgan fingerprint density at radius 2 is 1.83 bits per heavy atom. The summed E-state index contributed by atoms with van der Waals surface area (Å²) >= 11 is 0. The molecule has 0 N–H and O–H groups in total. The predicted molar refractivity (Wildman–Crippen MR) is 101 cm³/mol. The summed E-state index contributed by atoms with van der Waals surface area (Å²) in [7, 11) is 0. The van der Waals surface area contributed by atoms with Crippen molar-refractivity contribution in [2.75, 3.05) is 13.1 Å². The minimum atomic E-state index is -4.83. The highest BCUT2D eigenvalue weighted by Gasteiger charge is 2.31. The largest absolute Gasteiger partial charge is 0.573 e. The molecule has 4 rings (SSSR count). The molecule has 1 aromatic heterocycles. The number of aromatic nitrogens is 2. The Morgan fingerprint density at radius 3 is 2.53 bits per heavy atom. The molecule has 0 radical (unpaired) electrons. The molecule has 1 aliphatic rings. The molecular formula is C21H16F3N3O3. The third-order valence-electron chi connectivity index (χ3n) is 4.08. The van der Waals surface area contributed by atoms with Crippen LogP contribution in [0.2, 0.25) is 0 Å². The van der Waals surface area contributed by atoms with Gasteiger partial charge in [0.2, 0.25) is 0 Å². The molecule has 1 aliphatic heterocycles. The van der Waals surface area contributed by atoms with Crippen LogP contribution in [0.5, 0.6) is 11.5 Å². The quantitative estimate of drug-likeness (QED) is 0.638.